The van der Waals surface area contributed by atoms with Crippen molar-refractivity contribution in [1.29, 1.82) is 0 Å². The average molecular weight is 459 g/mol. The summed E-state index contributed by atoms with van der Waals surface area (Å²) in [5.41, 5.74) is 2.38. The second kappa shape index (κ2) is 8.47. The minimum atomic E-state index is 0.242. The predicted octanol–water partition coefficient (Wildman–Crippen LogP) is 6.12. The molecule has 4 aromatic rings. The molecule has 0 N–H and O–H groups in total. The van der Waals surface area contributed by atoms with E-state index in [9.17, 15) is 0 Å². The molecule has 5 nitrogen and oxygen atoms in total. The Morgan fingerprint density at radius 2 is 1.70 bits per heavy atom. The van der Waals surface area contributed by atoms with Crippen molar-refractivity contribution < 1.29 is 4.74 Å². The largest absolute Gasteiger partial charge is 0.490 e. The maximum atomic E-state index is 6.38. The fourth-order valence-corrected chi connectivity index (χ4v) is 5.51. The maximum absolute atomic E-state index is 6.38. The van der Waals surface area contributed by atoms with Gasteiger partial charge in [0.2, 0.25) is 0 Å². The van der Waals surface area contributed by atoms with Crippen LogP contribution in [0.2, 0.25) is 5.02 Å². The van der Waals surface area contributed by atoms with Gasteiger partial charge in [0.15, 0.2) is 5.82 Å². The lowest BCUT2D eigenvalue weighted by molar-refractivity contribution is 0.145. The quantitative estimate of drug-likeness (QED) is 0.370. The molecule has 6 heteroatoms. The van der Waals surface area contributed by atoms with Gasteiger partial charge in [-0.2, -0.15) is 0 Å². The molecular weight excluding hydrogens is 432 g/mol. The molecule has 6 rings (SSSR count). The first-order valence-electron chi connectivity index (χ1n) is 11.7. The third-order valence-electron chi connectivity index (χ3n) is 6.95. The third kappa shape index (κ3) is 4.00. The Bertz CT molecular complexity index is 1310. The van der Waals surface area contributed by atoms with Gasteiger partial charge in [0, 0.05) is 17.5 Å². The number of aromatic nitrogens is 3. The first kappa shape index (κ1) is 20.7. The van der Waals surface area contributed by atoms with Crippen LogP contribution in [0.4, 0.5) is 0 Å². The topological polar surface area (TPSA) is 43.2 Å². The maximum Gasteiger partial charge on any atom is 0.151 e. The number of fused-ring (bicyclic) bond motifs is 4. The molecule has 2 aliphatic rings. The minimum absolute atomic E-state index is 0.242. The van der Waals surface area contributed by atoms with Crippen molar-refractivity contribution in [1.82, 2.24) is 19.7 Å². The van der Waals surface area contributed by atoms with Gasteiger partial charge in [-0.25, -0.2) is 0 Å². The number of nitrogens with zero attached hydrogens (tertiary/aromatic N) is 4. The van der Waals surface area contributed by atoms with Crippen LogP contribution in [0.3, 0.4) is 0 Å². The van der Waals surface area contributed by atoms with Crippen molar-refractivity contribution in [2.45, 2.75) is 50.8 Å². The van der Waals surface area contributed by atoms with Crippen LogP contribution in [0.15, 0.2) is 60.7 Å². The molecule has 168 valence electrons. The normalized spacial score (nSPS) is 20.8. The highest BCUT2D eigenvalue weighted by Gasteiger charge is 2.30. The molecular formula is C27H27ClN4O. The van der Waals surface area contributed by atoms with Crippen LogP contribution in [-0.2, 0) is 13.1 Å². The van der Waals surface area contributed by atoms with Gasteiger partial charge in [-0.1, -0.05) is 41.9 Å². The zero-order valence-electron chi connectivity index (χ0n) is 18.7. The van der Waals surface area contributed by atoms with E-state index in [1.54, 1.807) is 0 Å². The lowest BCUT2D eigenvalue weighted by Crippen LogP contribution is -2.25. The number of hydrogen-bond acceptors (Lipinski definition) is 4. The Morgan fingerprint density at radius 1 is 0.879 bits per heavy atom. The van der Waals surface area contributed by atoms with Crippen molar-refractivity contribution in [2.24, 2.45) is 0 Å². The van der Waals surface area contributed by atoms with E-state index < -0.39 is 0 Å². The van der Waals surface area contributed by atoms with Gasteiger partial charge in [-0.15, -0.1) is 10.2 Å². The second-order valence-corrected chi connectivity index (χ2v) is 9.79. The van der Waals surface area contributed by atoms with Crippen LogP contribution in [0.25, 0.3) is 16.5 Å². The molecule has 1 saturated carbocycles. The van der Waals surface area contributed by atoms with Crippen molar-refractivity contribution >= 4 is 22.4 Å². The molecule has 1 fully saturated rings. The van der Waals surface area contributed by atoms with Crippen LogP contribution in [-0.4, -0.2) is 32.8 Å². The summed E-state index contributed by atoms with van der Waals surface area (Å²) < 4.78 is 8.66. The van der Waals surface area contributed by atoms with Crippen LogP contribution in [0.5, 0.6) is 5.75 Å². The number of ether oxygens (including phenoxy) is 1. The van der Waals surface area contributed by atoms with Gasteiger partial charge in [-0.3, -0.25) is 9.47 Å². The summed E-state index contributed by atoms with van der Waals surface area (Å²) >= 11 is 6.31. The van der Waals surface area contributed by atoms with E-state index in [0.717, 1.165) is 66.9 Å². The van der Waals surface area contributed by atoms with Crippen molar-refractivity contribution in [2.75, 3.05) is 7.05 Å². The molecule has 0 saturated heterocycles. The monoisotopic (exact) mass is 458 g/mol. The molecule has 1 aliphatic carbocycles. The van der Waals surface area contributed by atoms with Gasteiger partial charge in [-0.05, 0) is 79.4 Å². The molecule has 2 heterocycles. The molecule has 0 bridgehead atoms. The molecule has 33 heavy (non-hydrogen) atoms. The molecule has 0 unspecified atom stereocenters. The number of hydrogen-bond donors (Lipinski definition) is 0. The first-order chi connectivity index (χ1) is 16.1. The summed E-state index contributed by atoms with van der Waals surface area (Å²) in [6, 6.07) is 20.9. The standard InChI is InChI=1S/C27H27ClN4O/c1-31-16-21-14-22(28)9-13-25(21)32-26(17-31)29-30-27(32)19-7-10-23(11-8-19)33-24-12-6-18-4-2-3-5-20(18)15-24/h2-6,9,12-15,19,23H,7-8,10-11,16-17H2,1H3/t19-,23-. The third-order valence-corrected chi connectivity index (χ3v) is 7.19. The van der Waals surface area contributed by atoms with Gasteiger partial charge >= 0.3 is 0 Å². The summed E-state index contributed by atoms with van der Waals surface area (Å²) in [4.78, 5) is 2.26. The van der Waals surface area contributed by atoms with E-state index in [2.05, 4.69) is 81.3 Å². The van der Waals surface area contributed by atoms with E-state index in [1.807, 2.05) is 6.07 Å². The molecule has 0 atom stereocenters. The highest BCUT2D eigenvalue weighted by molar-refractivity contribution is 6.30. The molecule has 1 aromatic heterocycles. The Kier molecular flexibility index (Phi) is 5.31. The second-order valence-electron chi connectivity index (χ2n) is 9.36. The van der Waals surface area contributed by atoms with Gasteiger partial charge in [0.1, 0.15) is 11.6 Å². The van der Waals surface area contributed by atoms with Crippen LogP contribution < -0.4 is 4.74 Å². The number of rotatable bonds is 3. The molecule has 0 radical (unpaired) electrons. The van der Waals surface area contributed by atoms with Crippen LogP contribution in [0.1, 0.15) is 48.8 Å². The SMILES string of the molecule is CN1Cc2cc(Cl)ccc2-n2c(nnc2[C@H]2CC[C@H](Oc3ccc4ccccc4c3)CC2)C1. The van der Waals surface area contributed by atoms with Crippen molar-refractivity contribution in [3.63, 3.8) is 0 Å². The molecule has 0 amide bonds. The highest BCUT2D eigenvalue weighted by atomic mass is 35.5. The van der Waals surface area contributed by atoms with E-state index in [4.69, 9.17) is 16.3 Å². The number of benzene rings is 3. The van der Waals surface area contributed by atoms with E-state index in [0.29, 0.717) is 5.92 Å². The summed E-state index contributed by atoms with van der Waals surface area (Å²) in [6.45, 7) is 1.63. The van der Waals surface area contributed by atoms with Crippen LogP contribution in [0, 0.1) is 0 Å². The zero-order valence-corrected chi connectivity index (χ0v) is 19.5. The van der Waals surface area contributed by atoms with Gasteiger partial charge < -0.3 is 4.74 Å². The summed E-state index contributed by atoms with van der Waals surface area (Å²) in [5.74, 6) is 3.42. The highest BCUT2D eigenvalue weighted by Crippen LogP contribution is 2.37. The molecule has 0 spiro atoms. The Morgan fingerprint density at radius 3 is 2.55 bits per heavy atom. The Balaban J connectivity index is 1.21. The minimum Gasteiger partial charge on any atom is -0.490 e. The molecule has 1 aliphatic heterocycles. The lowest BCUT2D eigenvalue weighted by Gasteiger charge is -2.29. The van der Waals surface area contributed by atoms with Crippen molar-refractivity contribution in [3.8, 4) is 11.4 Å². The van der Waals surface area contributed by atoms with E-state index >= 15 is 0 Å². The van der Waals surface area contributed by atoms with Crippen molar-refractivity contribution in [3.05, 3.63) is 82.9 Å². The van der Waals surface area contributed by atoms with E-state index in [1.165, 1.54) is 16.3 Å². The van der Waals surface area contributed by atoms with Gasteiger partial charge in [0.25, 0.3) is 0 Å². The first-order valence-corrected chi connectivity index (χ1v) is 12.1. The fourth-order valence-electron chi connectivity index (χ4n) is 5.32. The van der Waals surface area contributed by atoms with Crippen LogP contribution >= 0.6 is 11.6 Å². The summed E-state index contributed by atoms with van der Waals surface area (Å²) in [7, 11) is 2.12. The van der Waals surface area contributed by atoms with Gasteiger partial charge in [0.05, 0.1) is 18.3 Å². The smallest absolute Gasteiger partial charge is 0.151 e. The Hall–Kier alpha value is -2.89. The Labute approximate surface area is 199 Å². The predicted molar refractivity (Wildman–Crippen MR) is 131 cm³/mol. The lowest BCUT2D eigenvalue weighted by atomic mass is 9.86. The fraction of sp³-hybridized carbons (Fsp3) is 0.333. The zero-order chi connectivity index (χ0) is 22.4. The number of halogens is 1. The molecule has 3 aromatic carbocycles. The average Bonchev–Trinajstić information content (AvgIpc) is 3.16. The van der Waals surface area contributed by atoms with E-state index in [-0.39, 0.29) is 6.10 Å². The summed E-state index contributed by atoms with van der Waals surface area (Å²) in [5, 5.41) is 12.5. The summed E-state index contributed by atoms with van der Waals surface area (Å²) in [6.07, 6.45) is 4.39.